The number of aryl methyl sites for hydroxylation is 1. The Bertz CT molecular complexity index is 1420. The van der Waals surface area contributed by atoms with Gasteiger partial charge in [-0.15, -0.1) is 5.10 Å². The lowest BCUT2D eigenvalue weighted by Crippen LogP contribution is -2.47. The molecule has 6 nitrogen and oxygen atoms in total. The Balaban J connectivity index is 1.11. The first-order chi connectivity index (χ1) is 18.2. The van der Waals surface area contributed by atoms with Gasteiger partial charge in [-0.2, -0.15) is 18.2 Å². The molecule has 1 spiro atoms. The molecule has 38 heavy (non-hydrogen) atoms. The highest BCUT2D eigenvalue weighted by molar-refractivity contribution is 5.53. The topological polar surface area (TPSA) is 58.9 Å². The van der Waals surface area contributed by atoms with E-state index in [1.54, 1.807) is 10.7 Å². The van der Waals surface area contributed by atoms with E-state index in [4.69, 9.17) is 0 Å². The number of hydrogen-bond donors (Lipinski definition) is 1. The lowest BCUT2D eigenvalue weighted by molar-refractivity contribution is -0.141. The number of benzene rings is 1. The standard InChI is InChI=1S/C26H24F6N6/c27-18-5-4-14(20(28)21(18)29)15-3-1-2-8-38-23(15)35-24(36-38)34-22-16-10-25(16)12-37(11-17(22)25)13-6-7-33-19(9-13)26(30,31)32/h4-7,9,15-17,22H,1-3,8,10-12H2,(H,34,36)/t15?,16?,17-,22+,25?/m0/s1. The van der Waals surface area contributed by atoms with Gasteiger partial charge < -0.3 is 10.2 Å². The van der Waals surface area contributed by atoms with Gasteiger partial charge in [0.1, 0.15) is 11.5 Å². The Labute approximate surface area is 214 Å². The lowest BCUT2D eigenvalue weighted by Gasteiger charge is -2.38. The van der Waals surface area contributed by atoms with Crippen LogP contribution in [0.4, 0.5) is 38.0 Å². The Morgan fingerprint density at radius 1 is 1.03 bits per heavy atom. The Hall–Kier alpha value is -3.31. The number of rotatable bonds is 4. The molecule has 0 radical (unpaired) electrons. The molecule has 4 aliphatic rings. The van der Waals surface area contributed by atoms with Crippen LogP contribution in [0, 0.1) is 34.7 Å². The molecule has 200 valence electrons. The maximum atomic E-state index is 14.7. The molecule has 1 N–H and O–H groups in total. The van der Waals surface area contributed by atoms with Crippen molar-refractivity contribution < 1.29 is 26.3 Å². The van der Waals surface area contributed by atoms with Crippen molar-refractivity contribution in [3.8, 4) is 0 Å². The molecule has 5 atom stereocenters. The Kier molecular flexibility index (Phi) is 5.07. The number of fused-ring (bicyclic) bond motifs is 1. The summed E-state index contributed by atoms with van der Waals surface area (Å²) in [5, 5.41) is 8.05. The third-order valence-electron chi connectivity index (χ3n) is 8.95. The fraction of sp³-hybridized carbons (Fsp3) is 0.500. The quantitative estimate of drug-likeness (QED) is 0.361. The minimum Gasteiger partial charge on any atom is -0.370 e. The van der Waals surface area contributed by atoms with E-state index in [0.717, 1.165) is 31.4 Å². The van der Waals surface area contributed by atoms with Crippen LogP contribution in [-0.2, 0) is 12.7 Å². The largest absolute Gasteiger partial charge is 0.433 e. The zero-order chi connectivity index (χ0) is 26.4. The molecular weight excluding hydrogens is 510 g/mol. The molecule has 0 bridgehead atoms. The highest BCUT2D eigenvalue weighted by Gasteiger charge is 2.76. The molecule has 1 aromatic carbocycles. The second-order valence-electron chi connectivity index (χ2n) is 10.9. The van der Waals surface area contributed by atoms with E-state index >= 15 is 0 Å². The van der Waals surface area contributed by atoms with Gasteiger partial charge in [-0.25, -0.2) is 17.9 Å². The molecule has 0 amide bonds. The highest BCUT2D eigenvalue weighted by atomic mass is 19.4. The Morgan fingerprint density at radius 3 is 2.68 bits per heavy atom. The maximum Gasteiger partial charge on any atom is 0.433 e. The summed E-state index contributed by atoms with van der Waals surface area (Å²) in [7, 11) is 0. The summed E-state index contributed by atoms with van der Waals surface area (Å²) >= 11 is 0. The lowest BCUT2D eigenvalue weighted by atomic mass is 9.71. The summed E-state index contributed by atoms with van der Waals surface area (Å²) in [6.07, 6.45) is -0.198. The third-order valence-corrected chi connectivity index (χ3v) is 8.95. The van der Waals surface area contributed by atoms with Gasteiger partial charge in [-0.1, -0.05) is 12.5 Å². The Morgan fingerprint density at radius 2 is 1.87 bits per heavy atom. The van der Waals surface area contributed by atoms with Crippen molar-refractivity contribution in [2.45, 2.75) is 50.4 Å². The SMILES string of the molecule is Fc1ccc(C2CCCCn3nc(N[C@@H]4C5CC56CN(c5ccnc(C(F)(F)F)c5)C[C@@H]46)nc32)c(F)c1F. The van der Waals surface area contributed by atoms with Gasteiger partial charge >= 0.3 is 6.18 Å². The molecule has 12 heteroatoms. The van der Waals surface area contributed by atoms with Gasteiger partial charge in [-0.3, -0.25) is 4.98 Å². The summed E-state index contributed by atoms with van der Waals surface area (Å²) in [4.78, 5) is 10.1. The van der Waals surface area contributed by atoms with Crippen molar-refractivity contribution in [3.63, 3.8) is 0 Å². The summed E-state index contributed by atoms with van der Waals surface area (Å²) in [6.45, 7) is 1.91. The molecule has 2 aliphatic carbocycles. The highest BCUT2D eigenvalue weighted by Crippen LogP contribution is 2.74. The number of halogens is 6. The zero-order valence-corrected chi connectivity index (χ0v) is 20.1. The normalized spacial score (nSPS) is 29.7. The van der Waals surface area contributed by atoms with E-state index < -0.39 is 35.2 Å². The molecule has 2 saturated carbocycles. The molecule has 7 rings (SSSR count). The molecule has 3 unspecified atom stereocenters. The van der Waals surface area contributed by atoms with Crippen molar-refractivity contribution in [3.05, 3.63) is 65.0 Å². The minimum atomic E-state index is -4.50. The van der Waals surface area contributed by atoms with Crippen LogP contribution in [0.1, 0.15) is 48.7 Å². The van der Waals surface area contributed by atoms with Gasteiger partial charge in [0.05, 0.1) is 0 Å². The molecule has 1 saturated heterocycles. The number of pyridine rings is 1. The number of alkyl halides is 3. The number of nitrogens with one attached hydrogen (secondary N) is 1. The first-order valence-electron chi connectivity index (χ1n) is 12.8. The van der Waals surface area contributed by atoms with Gasteiger partial charge in [0.15, 0.2) is 17.5 Å². The van der Waals surface area contributed by atoms with Gasteiger partial charge in [0, 0.05) is 55.0 Å². The summed E-state index contributed by atoms with van der Waals surface area (Å²) in [5.74, 6) is -2.93. The summed E-state index contributed by atoms with van der Waals surface area (Å²) < 4.78 is 83.4. The van der Waals surface area contributed by atoms with Gasteiger partial charge in [0.25, 0.3) is 0 Å². The van der Waals surface area contributed by atoms with Crippen LogP contribution in [-0.4, -0.2) is 38.9 Å². The second-order valence-corrected chi connectivity index (χ2v) is 10.9. The molecule has 3 aromatic rings. The molecule has 3 fully saturated rings. The van der Waals surface area contributed by atoms with Crippen molar-refractivity contribution in [1.29, 1.82) is 0 Å². The first kappa shape index (κ1) is 23.8. The van der Waals surface area contributed by atoms with Crippen LogP contribution in [0.25, 0.3) is 0 Å². The van der Waals surface area contributed by atoms with Crippen LogP contribution >= 0.6 is 0 Å². The van der Waals surface area contributed by atoms with E-state index in [-0.39, 0.29) is 22.9 Å². The fourth-order valence-corrected chi connectivity index (χ4v) is 7.03. The molecular formula is C26H24F6N6. The molecule has 2 aromatic heterocycles. The third kappa shape index (κ3) is 3.51. The second kappa shape index (κ2) is 8.09. The van der Waals surface area contributed by atoms with E-state index in [9.17, 15) is 26.3 Å². The monoisotopic (exact) mass is 534 g/mol. The predicted octanol–water partition coefficient (Wildman–Crippen LogP) is 5.36. The van der Waals surface area contributed by atoms with E-state index in [2.05, 4.69) is 20.4 Å². The van der Waals surface area contributed by atoms with Crippen LogP contribution in [0.2, 0.25) is 0 Å². The summed E-state index contributed by atoms with van der Waals surface area (Å²) in [5.41, 5.74) is -0.223. The van der Waals surface area contributed by atoms with Crippen LogP contribution in [0.5, 0.6) is 0 Å². The van der Waals surface area contributed by atoms with E-state index in [1.807, 2.05) is 4.90 Å². The maximum absolute atomic E-state index is 14.7. The van der Waals surface area contributed by atoms with Crippen molar-refractivity contribution in [2.75, 3.05) is 23.3 Å². The van der Waals surface area contributed by atoms with Crippen molar-refractivity contribution in [2.24, 2.45) is 17.3 Å². The predicted molar refractivity (Wildman–Crippen MR) is 125 cm³/mol. The number of nitrogens with zero attached hydrogens (tertiary/aromatic N) is 5. The van der Waals surface area contributed by atoms with Gasteiger partial charge in [-0.05, 0) is 48.8 Å². The number of hydrogen-bond acceptors (Lipinski definition) is 5. The van der Waals surface area contributed by atoms with E-state index in [1.165, 1.54) is 12.3 Å². The molecule has 2 aliphatic heterocycles. The van der Waals surface area contributed by atoms with Crippen LogP contribution in [0.15, 0.2) is 30.5 Å². The number of aromatic nitrogens is 4. The van der Waals surface area contributed by atoms with Crippen LogP contribution < -0.4 is 10.2 Å². The first-order valence-corrected chi connectivity index (χ1v) is 12.8. The zero-order valence-electron chi connectivity index (χ0n) is 20.1. The minimum absolute atomic E-state index is 0.0675. The smallest absolute Gasteiger partial charge is 0.370 e. The average Bonchev–Trinajstić information content (AvgIpc) is 3.24. The average molecular weight is 535 g/mol. The summed E-state index contributed by atoms with van der Waals surface area (Å²) in [6, 6.07) is 5.01. The molecule has 4 heterocycles. The van der Waals surface area contributed by atoms with Crippen molar-refractivity contribution in [1.82, 2.24) is 19.7 Å². The fourth-order valence-electron chi connectivity index (χ4n) is 7.03. The number of anilines is 2. The van der Waals surface area contributed by atoms with Crippen molar-refractivity contribution >= 4 is 11.6 Å². The van der Waals surface area contributed by atoms with E-state index in [0.29, 0.717) is 49.4 Å². The van der Waals surface area contributed by atoms with Gasteiger partial charge in [0.2, 0.25) is 5.95 Å². The van der Waals surface area contributed by atoms with Crippen LogP contribution in [0.3, 0.4) is 0 Å².